The van der Waals surface area contributed by atoms with Gasteiger partial charge in [0, 0.05) is 17.5 Å². The van der Waals surface area contributed by atoms with E-state index in [2.05, 4.69) is 17.2 Å². The van der Waals surface area contributed by atoms with Crippen LogP contribution in [0.1, 0.15) is 77.1 Å². The smallest absolute Gasteiger partial charge is 0.414 e. The van der Waals surface area contributed by atoms with Gasteiger partial charge in [-0.25, -0.2) is 9.78 Å². The number of pyridine rings is 1. The minimum Gasteiger partial charge on any atom is -0.445 e. The summed E-state index contributed by atoms with van der Waals surface area (Å²) in [5.74, 6) is -1.42. The van der Waals surface area contributed by atoms with Gasteiger partial charge in [0.25, 0.3) is 5.91 Å². The van der Waals surface area contributed by atoms with Crippen molar-refractivity contribution in [2.45, 2.75) is 85.0 Å². The summed E-state index contributed by atoms with van der Waals surface area (Å²) >= 11 is 0. The number of carbonyl (C=O) groups excluding carboxylic acids is 3. The quantitative estimate of drug-likeness (QED) is 0.493. The summed E-state index contributed by atoms with van der Waals surface area (Å²) in [6, 6.07) is 2.93. The molecule has 1 heterocycles. The van der Waals surface area contributed by atoms with Crippen molar-refractivity contribution in [1.82, 2.24) is 10.3 Å². The van der Waals surface area contributed by atoms with Crippen molar-refractivity contribution in [3.05, 3.63) is 23.9 Å². The second-order valence-electron chi connectivity index (χ2n) is 11.9. The maximum absolute atomic E-state index is 13.5. The second-order valence-corrected chi connectivity index (χ2v) is 11.9. The van der Waals surface area contributed by atoms with E-state index in [0.29, 0.717) is 19.3 Å². The number of ether oxygens (including phenoxy) is 1. The molecule has 4 rings (SSSR count). The lowest BCUT2D eigenvalue weighted by Crippen LogP contribution is -2.63. The highest BCUT2D eigenvalue weighted by Crippen LogP contribution is 2.68. The van der Waals surface area contributed by atoms with Gasteiger partial charge in [-0.2, -0.15) is 0 Å². The molecule has 9 nitrogen and oxygen atoms in total. The third-order valence-electron chi connectivity index (χ3n) is 10.2. The molecule has 3 aliphatic carbocycles. The van der Waals surface area contributed by atoms with Crippen LogP contribution in [0.2, 0.25) is 0 Å². The van der Waals surface area contributed by atoms with Crippen LogP contribution in [0.25, 0.3) is 0 Å². The molecule has 3 aliphatic rings. The lowest BCUT2D eigenvalue weighted by atomic mass is 9.43. The Hall–Kier alpha value is -2.52. The largest absolute Gasteiger partial charge is 0.445 e. The average Bonchev–Trinajstić information content (AvgIpc) is 3.11. The van der Waals surface area contributed by atoms with E-state index in [-0.39, 0.29) is 29.0 Å². The number of nitrogens with zero attached hydrogens (tertiary/aromatic N) is 1. The molecule has 198 valence electrons. The van der Waals surface area contributed by atoms with Crippen LogP contribution in [0.3, 0.4) is 0 Å². The van der Waals surface area contributed by atoms with Crippen LogP contribution in [0.5, 0.6) is 0 Å². The van der Waals surface area contributed by atoms with Crippen molar-refractivity contribution in [3.8, 4) is 0 Å². The molecule has 9 heteroatoms. The number of anilines is 1. The number of imide groups is 1. The molecular formula is C27H39N3O6. The highest BCUT2D eigenvalue weighted by Gasteiger charge is 2.70. The zero-order valence-electron chi connectivity index (χ0n) is 21.8. The third-order valence-corrected chi connectivity index (χ3v) is 10.2. The number of alkyl carbamates (subject to hydrolysis) is 1. The maximum atomic E-state index is 13.5. The number of rotatable bonds is 3. The molecule has 3 fully saturated rings. The van der Waals surface area contributed by atoms with E-state index in [0.717, 1.165) is 12.8 Å². The Labute approximate surface area is 212 Å². The monoisotopic (exact) mass is 501 g/mol. The molecule has 0 aliphatic heterocycles. The lowest BCUT2D eigenvalue weighted by Gasteiger charge is -2.61. The van der Waals surface area contributed by atoms with Crippen LogP contribution in [-0.2, 0) is 9.53 Å². The van der Waals surface area contributed by atoms with Gasteiger partial charge in [-0.1, -0.05) is 34.6 Å². The van der Waals surface area contributed by atoms with Crippen molar-refractivity contribution in [3.63, 3.8) is 0 Å². The molecular weight excluding hydrogens is 462 g/mol. The number of amides is 2. The molecule has 2 amide bonds. The first kappa shape index (κ1) is 26.5. The predicted octanol–water partition coefficient (Wildman–Crippen LogP) is 3.09. The Kier molecular flexibility index (Phi) is 6.71. The molecule has 0 spiro atoms. The molecule has 0 radical (unpaired) electrons. The molecule has 3 saturated carbocycles. The first-order chi connectivity index (χ1) is 16.8. The van der Waals surface area contributed by atoms with Crippen LogP contribution >= 0.6 is 0 Å². The number of aliphatic hydroxyl groups excluding tert-OH is 2. The number of carbonyl (C=O) groups is 3. The van der Waals surface area contributed by atoms with Crippen LogP contribution < -0.4 is 11.1 Å². The minimum absolute atomic E-state index is 0.0169. The fourth-order valence-electron chi connectivity index (χ4n) is 7.55. The first-order valence-electron chi connectivity index (χ1n) is 12.9. The third kappa shape index (κ3) is 3.91. The van der Waals surface area contributed by atoms with Gasteiger partial charge in [0.1, 0.15) is 18.0 Å². The summed E-state index contributed by atoms with van der Waals surface area (Å²) in [5.41, 5.74) is 3.78. The first-order valence-corrected chi connectivity index (χ1v) is 12.9. The average molecular weight is 502 g/mol. The maximum Gasteiger partial charge on any atom is 0.414 e. The van der Waals surface area contributed by atoms with Gasteiger partial charge in [-0.05, 0) is 66.9 Å². The number of nitrogens with two attached hydrogens (primary N) is 1. The van der Waals surface area contributed by atoms with Gasteiger partial charge in [0.2, 0.25) is 0 Å². The van der Waals surface area contributed by atoms with E-state index in [9.17, 15) is 24.6 Å². The Morgan fingerprint density at radius 1 is 1.22 bits per heavy atom. The van der Waals surface area contributed by atoms with Crippen LogP contribution in [-0.4, -0.2) is 51.3 Å². The molecule has 5 N–H and O–H groups in total. The number of nitrogen functional groups attached to an aromatic ring is 1. The molecule has 9 atom stereocenters. The van der Waals surface area contributed by atoms with Gasteiger partial charge in [0.05, 0.1) is 11.7 Å². The Bertz CT molecular complexity index is 1050. The number of aliphatic hydroxyl groups is 2. The van der Waals surface area contributed by atoms with E-state index >= 15 is 0 Å². The summed E-state index contributed by atoms with van der Waals surface area (Å²) in [6.45, 7) is 10.0. The summed E-state index contributed by atoms with van der Waals surface area (Å²) < 4.78 is 6.01. The Morgan fingerprint density at radius 3 is 2.53 bits per heavy atom. The molecule has 2 bridgehead atoms. The van der Waals surface area contributed by atoms with Crippen molar-refractivity contribution < 1.29 is 29.3 Å². The summed E-state index contributed by atoms with van der Waals surface area (Å²) in [7, 11) is 0. The molecule has 36 heavy (non-hydrogen) atoms. The fourth-order valence-corrected chi connectivity index (χ4v) is 7.55. The van der Waals surface area contributed by atoms with Crippen molar-refractivity contribution in [2.75, 3.05) is 5.73 Å². The van der Waals surface area contributed by atoms with Gasteiger partial charge >= 0.3 is 6.09 Å². The zero-order chi connectivity index (χ0) is 26.6. The topological polar surface area (TPSA) is 152 Å². The van der Waals surface area contributed by atoms with E-state index in [1.807, 2.05) is 27.7 Å². The summed E-state index contributed by atoms with van der Waals surface area (Å²) in [5, 5.41) is 24.7. The molecule has 1 aromatic heterocycles. The number of hydrogen-bond donors (Lipinski definition) is 4. The van der Waals surface area contributed by atoms with E-state index < -0.39 is 52.5 Å². The van der Waals surface area contributed by atoms with Crippen molar-refractivity contribution in [1.29, 1.82) is 0 Å². The standard InChI is InChI=1S/C27H39N3O6/c1-6-25(4)12-18(36-24(35)30-23(34)16-7-8-19(28)29-13-16)26(5)14(2)9-10-27(15(3)22(25)33)11-17(31)20(32)21(26)27/h7-8,13-15,17-18,21-22,31,33H,6,9-12H2,1-5H3,(H2,28,29)(H,30,34,35)/t14?,15-,17-,18?,21?,22-,25+,26-,27-/m0/s1. The number of hydrogen-bond acceptors (Lipinski definition) is 8. The highest BCUT2D eigenvalue weighted by atomic mass is 16.6. The van der Waals surface area contributed by atoms with Gasteiger partial charge in [0.15, 0.2) is 5.78 Å². The molecule has 0 aromatic carbocycles. The van der Waals surface area contributed by atoms with Gasteiger partial charge in [-0.15, -0.1) is 0 Å². The van der Waals surface area contributed by atoms with Crippen molar-refractivity contribution >= 4 is 23.6 Å². The van der Waals surface area contributed by atoms with Crippen LogP contribution in [0, 0.1) is 34.0 Å². The molecule has 1 aromatic rings. The SMILES string of the molecule is CC[C@]1(C)CC(OC(=O)NC(=O)c2ccc(N)nc2)[C@]2(C)C(C)CC[C@]3(C[C@H](O)C(=O)C23)[C@@H](C)[C@@H]1O. The van der Waals surface area contributed by atoms with Crippen LogP contribution in [0.15, 0.2) is 18.3 Å². The lowest BCUT2D eigenvalue weighted by molar-refractivity contribution is -0.198. The van der Waals surface area contributed by atoms with Gasteiger partial charge in [-0.3, -0.25) is 14.9 Å². The number of Topliss-reactive ketones (excluding diaryl/α,β-unsaturated/α-hetero) is 1. The zero-order valence-corrected chi connectivity index (χ0v) is 21.8. The normalized spacial score (nSPS) is 42.1. The minimum atomic E-state index is -1.10. The van der Waals surface area contributed by atoms with E-state index in [4.69, 9.17) is 10.5 Å². The fraction of sp³-hybridized carbons (Fsp3) is 0.704. The molecule has 0 saturated heterocycles. The highest BCUT2D eigenvalue weighted by molar-refractivity contribution is 6.02. The van der Waals surface area contributed by atoms with Gasteiger partial charge < -0.3 is 20.7 Å². The summed E-state index contributed by atoms with van der Waals surface area (Å²) in [4.78, 5) is 43.1. The number of nitrogens with one attached hydrogen (secondary N) is 1. The Balaban J connectivity index is 1.72. The van der Waals surface area contributed by atoms with E-state index in [1.54, 1.807) is 0 Å². The predicted molar refractivity (Wildman–Crippen MR) is 133 cm³/mol. The van der Waals surface area contributed by atoms with Crippen LogP contribution in [0.4, 0.5) is 10.6 Å². The second kappa shape index (κ2) is 9.10. The number of aromatic nitrogens is 1. The van der Waals surface area contributed by atoms with E-state index in [1.165, 1.54) is 18.3 Å². The number of ketones is 1. The Morgan fingerprint density at radius 2 is 1.92 bits per heavy atom. The molecule has 3 unspecified atom stereocenters. The van der Waals surface area contributed by atoms with Crippen molar-refractivity contribution in [2.24, 2.45) is 34.0 Å². The summed E-state index contributed by atoms with van der Waals surface area (Å²) in [6.07, 6.45) is 0.521.